The molecule has 136 valence electrons. The van der Waals surface area contributed by atoms with Gasteiger partial charge in [-0.3, -0.25) is 10.4 Å². The first kappa shape index (κ1) is 18.3. The maximum absolute atomic E-state index is 11.5. The van der Waals surface area contributed by atoms with Crippen molar-refractivity contribution in [1.29, 1.82) is 0 Å². The van der Waals surface area contributed by atoms with E-state index in [-0.39, 0.29) is 0 Å². The number of ether oxygens (including phenoxy) is 1. The number of rotatable bonds is 2. The third kappa shape index (κ3) is 4.20. The van der Waals surface area contributed by atoms with Gasteiger partial charge >= 0.3 is 0 Å². The van der Waals surface area contributed by atoms with Crippen LogP contribution in [-0.2, 0) is 10.0 Å². The van der Waals surface area contributed by atoms with Gasteiger partial charge in [0.2, 0.25) is 10.0 Å². The number of sulfonamides is 1. The lowest BCUT2D eigenvalue weighted by atomic mass is 10.1. The van der Waals surface area contributed by atoms with E-state index < -0.39 is 10.0 Å². The minimum absolute atomic E-state index is 0.408. The Balaban J connectivity index is 1.64. The Morgan fingerprint density at radius 2 is 2.12 bits per heavy atom. The fourth-order valence-corrected chi connectivity index (χ4v) is 3.91. The van der Waals surface area contributed by atoms with Gasteiger partial charge in [0.05, 0.1) is 23.6 Å². The molecule has 0 bridgehead atoms. The van der Waals surface area contributed by atoms with E-state index in [2.05, 4.69) is 15.5 Å². The molecule has 0 saturated carbocycles. The summed E-state index contributed by atoms with van der Waals surface area (Å²) in [7, 11) is -3.16. The van der Waals surface area contributed by atoms with Gasteiger partial charge in [-0.25, -0.2) is 8.42 Å². The third-order valence-electron chi connectivity index (χ3n) is 4.00. The van der Waals surface area contributed by atoms with Crippen LogP contribution in [0.1, 0.15) is 12.1 Å². The van der Waals surface area contributed by atoms with Gasteiger partial charge in [0, 0.05) is 38.8 Å². The molecule has 1 aromatic rings. The molecule has 25 heavy (non-hydrogen) atoms. The van der Waals surface area contributed by atoms with Crippen molar-refractivity contribution in [2.75, 3.05) is 39.0 Å². The summed E-state index contributed by atoms with van der Waals surface area (Å²) in [6.07, 6.45) is 3.41. The highest BCUT2D eigenvalue weighted by molar-refractivity contribution is 7.88. The number of piperazine rings is 1. The average molecular weight is 404 g/mol. The highest BCUT2D eigenvalue weighted by atomic mass is 35.5. The highest BCUT2D eigenvalue weighted by Crippen LogP contribution is 2.30. The fourth-order valence-electron chi connectivity index (χ4n) is 2.65. The second-order valence-electron chi connectivity index (χ2n) is 5.69. The first-order chi connectivity index (χ1) is 11.9. The molecule has 1 fully saturated rings. The maximum Gasteiger partial charge on any atom is 0.211 e. The molecule has 8 nitrogen and oxygen atoms in total. The number of nitrogens with zero attached hydrogens (tertiary/aromatic N) is 4. The summed E-state index contributed by atoms with van der Waals surface area (Å²) in [6, 6.07) is 1.67. The van der Waals surface area contributed by atoms with Crippen molar-refractivity contribution in [3.05, 3.63) is 23.0 Å². The van der Waals surface area contributed by atoms with E-state index in [1.165, 1.54) is 10.6 Å². The topological polar surface area (TPSA) is 87.1 Å². The number of fused-ring (bicyclic) bond motifs is 1. The number of nitrogens with one attached hydrogen (secondary N) is 1. The Labute approximate surface area is 156 Å². The zero-order chi connectivity index (χ0) is 18.0. The van der Waals surface area contributed by atoms with Crippen LogP contribution in [0.15, 0.2) is 17.4 Å². The van der Waals surface area contributed by atoms with E-state index in [1.807, 2.05) is 4.90 Å². The first-order valence-electron chi connectivity index (χ1n) is 7.70. The van der Waals surface area contributed by atoms with Crippen LogP contribution in [0, 0.1) is 0 Å². The molecular formula is C14H18ClN5O3S2. The summed E-state index contributed by atoms with van der Waals surface area (Å²) in [5.74, 6) is 0.531. The number of hydrogen-bond acceptors (Lipinski definition) is 6. The van der Waals surface area contributed by atoms with E-state index in [4.69, 9.17) is 28.6 Å². The number of pyridine rings is 1. The fraction of sp³-hybridized carbons (Fsp3) is 0.500. The predicted molar refractivity (Wildman–Crippen MR) is 99.6 cm³/mol. The van der Waals surface area contributed by atoms with Crippen molar-refractivity contribution in [3.63, 3.8) is 0 Å². The van der Waals surface area contributed by atoms with Crippen molar-refractivity contribution in [3.8, 4) is 5.75 Å². The number of aromatic nitrogens is 1. The first-order valence-corrected chi connectivity index (χ1v) is 10.3. The molecule has 0 aromatic carbocycles. The van der Waals surface area contributed by atoms with Gasteiger partial charge in [0.25, 0.3) is 0 Å². The second kappa shape index (κ2) is 7.40. The van der Waals surface area contributed by atoms with E-state index in [0.717, 1.165) is 5.71 Å². The van der Waals surface area contributed by atoms with Crippen molar-refractivity contribution >= 4 is 44.7 Å². The van der Waals surface area contributed by atoms with Gasteiger partial charge in [-0.15, -0.1) is 0 Å². The van der Waals surface area contributed by atoms with E-state index >= 15 is 0 Å². The number of hydrogen-bond donors (Lipinski definition) is 1. The molecule has 11 heteroatoms. The zero-order valence-corrected chi connectivity index (χ0v) is 16.0. The van der Waals surface area contributed by atoms with Gasteiger partial charge in [-0.2, -0.15) is 9.41 Å². The van der Waals surface area contributed by atoms with Gasteiger partial charge in [0.15, 0.2) is 10.9 Å². The highest BCUT2D eigenvalue weighted by Gasteiger charge is 2.25. The van der Waals surface area contributed by atoms with Crippen molar-refractivity contribution < 1.29 is 13.2 Å². The number of halogens is 1. The molecule has 0 amide bonds. The lowest BCUT2D eigenvalue weighted by molar-refractivity contribution is 0.265. The van der Waals surface area contributed by atoms with Gasteiger partial charge in [-0.05, 0) is 18.3 Å². The van der Waals surface area contributed by atoms with Crippen LogP contribution in [0.4, 0.5) is 0 Å². The smallest absolute Gasteiger partial charge is 0.211 e. The second-order valence-corrected chi connectivity index (χ2v) is 8.47. The lowest BCUT2D eigenvalue weighted by Gasteiger charge is -2.34. The predicted octanol–water partition coefficient (Wildman–Crippen LogP) is 0.673. The van der Waals surface area contributed by atoms with Gasteiger partial charge < -0.3 is 9.64 Å². The van der Waals surface area contributed by atoms with Crippen molar-refractivity contribution in [2.45, 2.75) is 6.42 Å². The van der Waals surface area contributed by atoms with Crippen LogP contribution < -0.4 is 10.2 Å². The molecule has 0 aliphatic carbocycles. The summed E-state index contributed by atoms with van der Waals surface area (Å²) in [4.78, 5) is 6.17. The molecule has 0 radical (unpaired) electrons. The van der Waals surface area contributed by atoms with Crippen LogP contribution in [0.25, 0.3) is 0 Å². The van der Waals surface area contributed by atoms with Crippen LogP contribution in [0.5, 0.6) is 5.75 Å². The summed E-state index contributed by atoms with van der Waals surface area (Å²) >= 11 is 11.5. The average Bonchev–Trinajstić information content (AvgIpc) is 2.59. The van der Waals surface area contributed by atoms with Gasteiger partial charge in [0.1, 0.15) is 5.69 Å². The normalized spacial score (nSPS) is 20.1. The molecule has 1 saturated heterocycles. The van der Waals surface area contributed by atoms with E-state index in [1.54, 1.807) is 12.3 Å². The Morgan fingerprint density at radius 1 is 1.40 bits per heavy atom. The molecule has 0 spiro atoms. The SMILES string of the molecule is CS(=O)(=O)N1CCN(C(=S)N/N=C2/CCOc3c(Cl)ccnc32)CC1. The quantitative estimate of drug-likeness (QED) is 0.573. The molecule has 1 N–H and O–H groups in total. The van der Waals surface area contributed by atoms with Crippen LogP contribution in [-0.4, -0.2) is 72.5 Å². The number of hydrazone groups is 1. The Bertz CT molecular complexity index is 807. The minimum atomic E-state index is -3.16. The Morgan fingerprint density at radius 3 is 2.80 bits per heavy atom. The Kier molecular flexibility index (Phi) is 5.42. The molecule has 0 atom stereocenters. The van der Waals surface area contributed by atoms with Gasteiger partial charge in [-0.1, -0.05) is 11.6 Å². The minimum Gasteiger partial charge on any atom is -0.489 e. The molecule has 3 heterocycles. The van der Waals surface area contributed by atoms with E-state index in [0.29, 0.717) is 60.8 Å². The van der Waals surface area contributed by atoms with Crippen molar-refractivity contribution in [1.82, 2.24) is 19.6 Å². The summed E-state index contributed by atoms with van der Waals surface area (Å²) in [5, 5.41) is 5.31. The molecule has 0 unspecified atom stereocenters. The zero-order valence-electron chi connectivity index (χ0n) is 13.6. The Hall–Kier alpha value is -1.49. The molecular weight excluding hydrogens is 386 g/mol. The standard InChI is InChI=1S/C14H18ClN5O3S2/c1-25(21,22)20-7-5-19(6-8-20)14(24)18-17-11-3-9-23-13-10(15)2-4-16-12(11)13/h2,4H,3,5-9H2,1H3,(H,18,24)/b17-11-. The summed E-state index contributed by atoms with van der Waals surface area (Å²) < 4.78 is 30.1. The lowest BCUT2D eigenvalue weighted by Crippen LogP contribution is -2.52. The molecule has 2 aliphatic heterocycles. The largest absolute Gasteiger partial charge is 0.489 e. The van der Waals surface area contributed by atoms with Crippen LogP contribution in [0.3, 0.4) is 0 Å². The van der Waals surface area contributed by atoms with Crippen molar-refractivity contribution in [2.24, 2.45) is 5.10 Å². The van der Waals surface area contributed by atoms with E-state index in [9.17, 15) is 8.42 Å². The summed E-state index contributed by atoms with van der Waals surface area (Å²) in [6.45, 7) is 2.33. The number of thiocarbonyl (C=S) groups is 1. The molecule has 1 aromatic heterocycles. The molecule has 3 rings (SSSR count). The maximum atomic E-state index is 11.5. The third-order valence-corrected chi connectivity index (χ3v) is 5.95. The van der Waals surface area contributed by atoms with Crippen LogP contribution >= 0.6 is 23.8 Å². The van der Waals surface area contributed by atoms with Crippen LogP contribution in [0.2, 0.25) is 5.02 Å². The summed E-state index contributed by atoms with van der Waals surface area (Å²) in [5.41, 5.74) is 4.21. The molecule has 2 aliphatic rings. The monoisotopic (exact) mass is 403 g/mol.